The molecule has 0 saturated carbocycles. The van der Waals surface area contributed by atoms with Gasteiger partial charge in [0.1, 0.15) is 22.3 Å². The van der Waals surface area contributed by atoms with E-state index in [-0.39, 0.29) is 0 Å². The molecule has 11 rings (SSSR count). The Morgan fingerprint density at radius 1 is 0.444 bits per heavy atom. The topological polar surface area (TPSA) is 31.2 Å². The highest BCUT2D eigenvalue weighted by atomic mass is 16.3. The molecule has 3 aromatic heterocycles. The molecule has 0 spiro atoms. The van der Waals surface area contributed by atoms with Crippen LogP contribution in [0.4, 0.5) is 0 Å². The number of hydrogen-bond donors (Lipinski definition) is 0. The van der Waals surface area contributed by atoms with E-state index in [1.165, 1.54) is 32.9 Å². The van der Waals surface area contributed by atoms with Crippen molar-refractivity contribution in [2.75, 3.05) is 0 Å². The largest absolute Gasteiger partial charge is 0.456 e. The molecule has 3 nitrogen and oxygen atoms in total. The molecule has 0 atom stereocenters. The summed E-state index contributed by atoms with van der Waals surface area (Å²) in [6.45, 7) is 6.31. The number of aromatic nitrogens is 1. The monoisotopic (exact) mass is 691 g/mol. The molecule has 8 aromatic carbocycles. The maximum absolute atomic E-state index is 6.36. The van der Waals surface area contributed by atoms with Gasteiger partial charge in [-0.1, -0.05) is 121 Å². The third-order valence-corrected chi connectivity index (χ3v) is 11.0. The summed E-state index contributed by atoms with van der Waals surface area (Å²) in [7, 11) is 0. The molecule has 0 bridgehead atoms. The van der Waals surface area contributed by atoms with Crippen LogP contribution in [0.25, 0.3) is 110 Å². The molecule has 0 aliphatic carbocycles. The van der Waals surface area contributed by atoms with Crippen molar-refractivity contribution in [3.8, 4) is 39.1 Å². The van der Waals surface area contributed by atoms with Crippen LogP contribution in [0.3, 0.4) is 0 Å². The van der Waals surface area contributed by atoms with E-state index in [1.54, 1.807) is 0 Å². The van der Waals surface area contributed by atoms with Gasteiger partial charge in [-0.25, -0.2) is 0 Å². The number of allylic oxidation sites excluding steroid dienone is 1. The van der Waals surface area contributed by atoms with Crippen molar-refractivity contribution >= 4 is 71.3 Å². The van der Waals surface area contributed by atoms with E-state index in [0.29, 0.717) is 0 Å². The quantitative estimate of drug-likeness (QED) is 0.180. The minimum absolute atomic E-state index is 0.883. The van der Waals surface area contributed by atoms with Gasteiger partial charge in [0.25, 0.3) is 0 Å². The Balaban J connectivity index is 1.05. The van der Waals surface area contributed by atoms with Crippen LogP contribution in [-0.4, -0.2) is 4.57 Å². The Morgan fingerprint density at radius 2 is 1.02 bits per heavy atom. The number of nitrogens with zero attached hydrogens (tertiary/aromatic N) is 1. The third-order valence-electron chi connectivity index (χ3n) is 11.0. The van der Waals surface area contributed by atoms with Crippen LogP contribution in [0.1, 0.15) is 12.5 Å². The summed E-state index contributed by atoms with van der Waals surface area (Å²) in [4.78, 5) is 0. The van der Waals surface area contributed by atoms with Crippen molar-refractivity contribution in [1.82, 2.24) is 4.57 Å². The van der Waals surface area contributed by atoms with Crippen LogP contribution >= 0.6 is 0 Å². The van der Waals surface area contributed by atoms with Gasteiger partial charge in [0.15, 0.2) is 0 Å². The van der Waals surface area contributed by atoms with Crippen LogP contribution in [0.5, 0.6) is 0 Å². The summed E-state index contributed by atoms with van der Waals surface area (Å²) in [6.07, 6.45) is 0. The van der Waals surface area contributed by atoms with Crippen molar-refractivity contribution in [1.29, 1.82) is 0 Å². The molecule has 11 aromatic rings. The molecular formula is C51H33NO2. The lowest BCUT2D eigenvalue weighted by Gasteiger charge is -2.09. The maximum Gasteiger partial charge on any atom is 0.143 e. The van der Waals surface area contributed by atoms with Crippen LogP contribution in [-0.2, 0) is 0 Å². The summed E-state index contributed by atoms with van der Waals surface area (Å²) in [5.41, 5.74) is 16.1. The smallest absolute Gasteiger partial charge is 0.143 e. The van der Waals surface area contributed by atoms with Gasteiger partial charge in [-0.3, -0.25) is 0 Å². The van der Waals surface area contributed by atoms with Crippen LogP contribution < -0.4 is 0 Å². The highest BCUT2D eigenvalue weighted by Crippen LogP contribution is 2.41. The number of benzene rings is 8. The van der Waals surface area contributed by atoms with Gasteiger partial charge in [0.2, 0.25) is 0 Å². The molecule has 54 heavy (non-hydrogen) atoms. The first kappa shape index (κ1) is 30.5. The van der Waals surface area contributed by atoms with E-state index in [9.17, 15) is 0 Å². The first-order valence-corrected chi connectivity index (χ1v) is 18.4. The Hall–Kier alpha value is -7.10. The van der Waals surface area contributed by atoms with Gasteiger partial charge >= 0.3 is 0 Å². The third kappa shape index (κ3) is 4.62. The zero-order valence-electron chi connectivity index (χ0n) is 29.6. The fourth-order valence-electron chi connectivity index (χ4n) is 8.42. The highest BCUT2D eigenvalue weighted by Gasteiger charge is 2.17. The van der Waals surface area contributed by atoms with Crippen molar-refractivity contribution in [3.63, 3.8) is 0 Å². The molecule has 0 aliphatic rings. The second-order valence-electron chi connectivity index (χ2n) is 14.3. The molecular weight excluding hydrogens is 659 g/mol. The summed E-state index contributed by atoms with van der Waals surface area (Å²) in [5.74, 6) is 0. The Kier molecular flexibility index (Phi) is 6.62. The highest BCUT2D eigenvalue weighted by molar-refractivity contribution is 6.14. The van der Waals surface area contributed by atoms with Gasteiger partial charge in [-0.2, -0.15) is 0 Å². The van der Waals surface area contributed by atoms with E-state index in [1.807, 2.05) is 24.3 Å². The second-order valence-corrected chi connectivity index (χ2v) is 14.3. The zero-order chi connectivity index (χ0) is 35.9. The van der Waals surface area contributed by atoms with E-state index in [2.05, 4.69) is 164 Å². The molecule has 0 amide bonds. The predicted molar refractivity (Wildman–Crippen MR) is 226 cm³/mol. The van der Waals surface area contributed by atoms with Gasteiger partial charge in [-0.05, 0) is 101 Å². The van der Waals surface area contributed by atoms with E-state index < -0.39 is 0 Å². The van der Waals surface area contributed by atoms with E-state index >= 15 is 0 Å². The Morgan fingerprint density at radius 3 is 1.78 bits per heavy atom. The molecule has 0 radical (unpaired) electrons. The number of furan rings is 2. The molecule has 0 N–H and O–H groups in total. The lowest BCUT2D eigenvalue weighted by Crippen LogP contribution is -1.93. The lowest BCUT2D eigenvalue weighted by molar-refractivity contribution is 0.669. The maximum atomic E-state index is 6.36. The molecule has 0 unspecified atom stereocenters. The Bertz CT molecular complexity index is 3280. The van der Waals surface area contributed by atoms with Crippen LogP contribution in [0.15, 0.2) is 185 Å². The fourth-order valence-corrected chi connectivity index (χ4v) is 8.42. The van der Waals surface area contributed by atoms with Gasteiger partial charge in [0.05, 0.1) is 11.0 Å². The SMILES string of the molecule is C=C(C)c1cccc2oc3ccc(-c4ccc5c(c4)c4cc(-c6ccc(-c7cccc8c7oc7ccccc78)cc6)ccc4n5-c4ccccc4)cc3c12. The molecule has 0 saturated heterocycles. The number of fused-ring (bicyclic) bond motifs is 9. The summed E-state index contributed by atoms with van der Waals surface area (Å²) < 4.78 is 15.0. The normalized spacial score (nSPS) is 11.9. The predicted octanol–water partition coefficient (Wildman–Crippen LogP) is 14.6. The van der Waals surface area contributed by atoms with Gasteiger partial charge < -0.3 is 13.4 Å². The molecule has 0 fully saturated rings. The van der Waals surface area contributed by atoms with Crippen LogP contribution in [0, 0.1) is 0 Å². The van der Waals surface area contributed by atoms with Crippen molar-refractivity contribution in [3.05, 3.63) is 182 Å². The average Bonchev–Trinajstić information content (AvgIpc) is 3.90. The van der Waals surface area contributed by atoms with Crippen molar-refractivity contribution in [2.45, 2.75) is 6.92 Å². The van der Waals surface area contributed by atoms with Gasteiger partial charge in [0, 0.05) is 43.6 Å². The molecule has 254 valence electrons. The lowest BCUT2D eigenvalue weighted by atomic mass is 9.97. The van der Waals surface area contributed by atoms with E-state index in [0.717, 1.165) is 83.0 Å². The molecule has 3 heteroatoms. The summed E-state index contributed by atoms with van der Waals surface area (Å²) in [5, 5.41) is 6.93. The molecule has 0 aliphatic heterocycles. The van der Waals surface area contributed by atoms with Crippen molar-refractivity contribution in [2.24, 2.45) is 0 Å². The minimum Gasteiger partial charge on any atom is -0.456 e. The standard InChI is InChI=1S/C51H33NO2/c1-31(2)38-13-9-17-49-50(38)44-30-36(24-27-48(44)53-49)35-23-26-46-43(29-35)42-28-34(22-25-45(42)52(46)37-10-4-3-5-11-37)32-18-20-33(21-19-32)39-14-8-15-41-40-12-6-7-16-47(40)54-51(39)41/h3-30H,1H2,2H3. The average molecular weight is 692 g/mol. The summed E-state index contributed by atoms with van der Waals surface area (Å²) >= 11 is 0. The number of rotatable bonds is 5. The second kappa shape index (κ2) is 11.7. The zero-order valence-corrected chi connectivity index (χ0v) is 29.6. The van der Waals surface area contributed by atoms with Crippen molar-refractivity contribution < 1.29 is 8.83 Å². The Labute approximate surface area is 311 Å². The number of hydrogen-bond acceptors (Lipinski definition) is 2. The van der Waals surface area contributed by atoms with Crippen LogP contribution in [0.2, 0.25) is 0 Å². The molecule has 3 heterocycles. The first-order chi connectivity index (χ1) is 26.6. The fraction of sp³-hybridized carbons (Fsp3) is 0.0196. The summed E-state index contributed by atoms with van der Waals surface area (Å²) in [6, 6.07) is 60.6. The van der Waals surface area contributed by atoms with E-state index in [4.69, 9.17) is 8.83 Å². The number of para-hydroxylation sites is 3. The minimum atomic E-state index is 0.883. The van der Waals surface area contributed by atoms with Gasteiger partial charge in [-0.15, -0.1) is 0 Å². The first-order valence-electron chi connectivity index (χ1n) is 18.4.